The lowest BCUT2D eigenvalue weighted by molar-refractivity contribution is -0.154. The van der Waals surface area contributed by atoms with Crippen molar-refractivity contribution in [3.63, 3.8) is 0 Å². The van der Waals surface area contributed by atoms with E-state index in [1.165, 1.54) is 26.0 Å². The number of carbonyl (C=O) groups is 2. The zero-order chi connectivity index (χ0) is 62.4. The van der Waals surface area contributed by atoms with Crippen molar-refractivity contribution >= 4 is 29.7 Å². The van der Waals surface area contributed by atoms with Crippen molar-refractivity contribution in [2.24, 2.45) is 41.4 Å². The van der Waals surface area contributed by atoms with Gasteiger partial charge in [-0.15, -0.1) is 0 Å². The number of anilines is 1. The molecular weight excluding hydrogens is 1130 g/mol. The second kappa shape index (κ2) is 24.2. The zero-order valence-corrected chi connectivity index (χ0v) is 53.4. The Balaban J connectivity index is 0.810. The summed E-state index contributed by atoms with van der Waals surface area (Å²) >= 11 is 0. The van der Waals surface area contributed by atoms with E-state index in [-0.39, 0.29) is 72.7 Å². The SMILES string of the molecule is CNCCOc1cc(OC23CCCC(CCC(C)C)C2CCC(C)N3)c2c3c1CCc1c-3c(cc3c1C(O)C(c1cc(OC)c(O)c(OCC(CO)C45c6c7cccc6C=CC4C(C4(N6C(=O)C=C(CNC)C6=O)CCCCC4)CCC5C=C7)c1)CO3)NC2O. The maximum atomic E-state index is 14.5. The summed E-state index contributed by atoms with van der Waals surface area (Å²) in [6.45, 7) is 8.15. The molecule has 4 fully saturated rings. The number of hydrogen-bond donors (Lipinski definition) is 8. The molecule has 480 valence electrons. The molecule has 90 heavy (non-hydrogen) atoms. The molecule has 12 atom stereocenters. The third-order valence-corrected chi connectivity index (χ3v) is 23.3. The minimum Gasteiger partial charge on any atom is -0.502 e. The molecular formula is C74H93N5O11. The number of phenols is 1. The van der Waals surface area contributed by atoms with Crippen LogP contribution in [-0.2, 0) is 27.8 Å². The molecule has 1 saturated heterocycles. The molecule has 0 spiro atoms. The predicted molar refractivity (Wildman–Crippen MR) is 347 cm³/mol. The van der Waals surface area contributed by atoms with Crippen LogP contribution >= 0.6 is 0 Å². The monoisotopic (exact) mass is 1230 g/mol. The van der Waals surface area contributed by atoms with Gasteiger partial charge in [0.25, 0.3) is 11.8 Å². The first-order valence-corrected chi connectivity index (χ1v) is 34.0. The number of amides is 2. The number of piperidine rings is 1. The van der Waals surface area contributed by atoms with Crippen molar-refractivity contribution in [2.75, 3.05) is 66.0 Å². The van der Waals surface area contributed by atoms with Gasteiger partial charge in [-0.05, 0) is 161 Å². The fourth-order valence-corrected chi connectivity index (χ4v) is 19.5. The number of aromatic hydroxyl groups is 1. The van der Waals surface area contributed by atoms with Gasteiger partial charge in [0, 0.05) is 100 Å². The lowest BCUT2D eigenvalue weighted by atomic mass is 9.43. The van der Waals surface area contributed by atoms with Gasteiger partial charge in [0.05, 0.1) is 44.1 Å². The Morgan fingerprint density at radius 1 is 0.833 bits per heavy atom. The molecule has 4 heterocycles. The number of fused-ring (bicyclic) bond motifs is 3. The maximum absolute atomic E-state index is 14.5. The van der Waals surface area contributed by atoms with Crippen LogP contribution in [-0.4, -0.2) is 115 Å². The van der Waals surface area contributed by atoms with E-state index in [1.807, 2.05) is 19.2 Å². The fourth-order valence-electron chi connectivity index (χ4n) is 19.5. The number of aliphatic hydroxyl groups is 3. The van der Waals surface area contributed by atoms with Gasteiger partial charge in [0.15, 0.2) is 23.5 Å². The van der Waals surface area contributed by atoms with Crippen molar-refractivity contribution < 1.29 is 53.7 Å². The molecule has 12 unspecified atom stereocenters. The van der Waals surface area contributed by atoms with Gasteiger partial charge in [0.1, 0.15) is 23.9 Å². The van der Waals surface area contributed by atoms with Gasteiger partial charge < -0.3 is 60.1 Å². The van der Waals surface area contributed by atoms with Crippen LogP contribution in [0.25, 0.3) is 23.3 Å². The average molecular weight is 1230 g/mol. The first-order chi connectivity index (χ1) is 43.7. The summed E-state index contributed by atoms with van der Waals surface area (Å²) < 4.78 is 33.9. The number of likely N-dealkylation sites (N-methyl/N-ethyl adjacent to an activating group) is 2. The maximum Gasteiger partial charge on any atom is 0.258 e. The summed E-state index contributed by atoms with van der Waals surface area (Å²) in [4.78, 5) is 30.5. The smallest absolute Gasteiger partial charge is 0.258 e. The number of aliphatic hydroxyl groups excluding tert-OH is 3. The van der Waals surface area contributed by atoms with Crippen LogP contribution in [0.4, 0.5) is 5.69 Å². The van der Waals surface area contributed by atoms with E-state index in [2.05, 4.69) is 84.5 Å². The molecule has 8 N–H and O–H groups in total. The highest BCUT2D eigenvalue weighted by molar-refractivity contribution is 6.17. The highest BCUT2D eigenvalue weighted by Gasteiger charge is 2.64. The van der Waals surface area contributed by atoms with E-state index in [9.17, 15) is 30.0 Å². The second-order valence-corrected chi connectivity index (χ2v) is 28.4. The first kappa shape index (κ1) is 61.1. The number of nitrogens with zero attached hydrogens (tertiary/aromatic N) is 1. The number of nitrogens with one attached hydrogen (secondary N) is 4. The van der Waals surface area contributed by atoms with Gasteiger partial charge in [-0.2, -0.15) is 0 Å². The first-order valence-electron chi connectivity index (χ1n) is 34.0. The molecule has 6 aliphatic carbocycles. The van der Waals surface area contributed by atoms with Crippen LogP contribution in [0, 0.1) is 41.4 Å². The number of rotatable bonds is 20. The Kier molecular flexibility index (Phi) is 16.5. The molecule has 4 aromatic rings. The highest BCUT2D eigenvalue weighted by atomic mass is 16.5. The molecule has 4 aliphatic heterocycles. The number of benzene rings is 4. The van der Waals surface area contributed by atoms with Crippen molar-refractivity contribution in [3.05, 3.63) is 111 Å². The fraction of sp³-hybridized carbons (Fsp3) is 0.568. The molecule has 10 aliphatic rings. The normalized spacial score (nSPS) is 30.1. The topological polar surface area (TPSA) is 213 Å². The molecule has 14 rings (SSSR count). The minimum atomic E-state index is -1.10. The van der Waals surface area contributed by atoms with E-state index in [4.69, 9.17) is 23.7 Å². The molecule has 2 amide bonds. The van der Waals surface area contributed by atoms with Crippen LogP contribution in [0.5, 0.6) is 34.5 Å². The van der Waals surface area contributed by atoms with Gasteiger partial charge >= 0.3 is 0 Å². The van der Waals surface area contributed by atoms with Crippen LogP contribution in [0.1, 0.15) is 173 Å². The summed E-state index contributed by atoms with van der Waals surface area (Å²) in [6, 6.07) is 14.1. The molecule has 16 heteroatoms. The molecule has 4 aromatic carbocycles. The van der Waals surface area contributed by atoms with E-state index in [0.29, 0.717) is 96.9 Å². The lowest BCUT2D eigenvalue weighted by Crippen LogP contribution is -2.66. The van der Waals surface area contributed by atoms with Crippen molar-refractivity contribution in [1.29, 1.82) is 0 Å². The number of phenolic OH excluding ortho intramolecular Hbond substituents is 1. The number of methoxy groups -OCH3 is 1. The Hall–Kier alpha value is -6.40. The molecule has 16 nitrogen and oxygen atoms in total. The van der Waals surface area contributed by atoms with E-state index in [0.717, 1.165) is 115 Å². The third kappa shape index (κ3) is 9.80. The Morgan fingerprint density at radius 2 is 1.61 bits per heavy atom. The predicted octanol–water partition coefficient (Wildman–Crippen LogP) is 10.9. The number of allylic oxidation sites excluding steroid dienone is 2. The largest absolute Gasteiger partial charge is 0.502 e. The number of ether oxygens (including phenoxy) is 5. The van der Waals surface area contributed by atoms with Crippen molar-refractivity contribution in [1.82, 2.24) is 20.9 Å². The Bertz CT molecular complexity index is 3550. The molecule has 0 aromatic heterocycles. The summed E-state index contributed by atoms with van der Waals surface area (Å²) in [5.41, 5.74) is 8.15. The van der Waals surface area contributed by atoms with Gasteiger partial charge in [-0.3, -0.25) is 19.8 Å². The second-order valence-electron chi connectivity index (χ2n) is 28.4. The minimum absolute atomic E-state index is 0.00972. The van der Waals surface area contributed by atoms with Gasteiger partial charge in [0.2, 0.25) is 5.75 Å². The number of imide groups is 1. The standard InChI is InChI=1S/C74H93N5O11/c1-41(2)15-17-43-14-11-29-73(53(43)24-16-42(3)78-73)90-59-36-57(87-31-30-75-4)50-22-23-51-63-56(77-70(84)66(59)65(50)63)35-58-64(51)68(82)52(40-89-58)46-32-60(86-6)69(83)61(33-46)88-39-49(38-80)74-48-20-18-44-12-10-13-45(67(44)74)19-25-55(74)54(26-21-48)72(27-8-7-9-28-72)79-62(81)34-47(37-76-5)71(79)85/h10,12-13,18-20,25,32-36,41-43,48-49,52-55,68,70,75-78,80,82-84H,7-9,11,14-17,21-24,26-31,37-40H2,1-6H3. The average Bonchev–Trinajstić information content (AvgIpc) is 0.798. The highest BCUT2D eigenvalue weighted by Crippen LogP contribution is 2.65. The summed E-state index contributed by atoms with van der Waals surface area (Å²) in [5, 5.41) is 63.6. The number of hydrogen-bond acceptors (Lipinski definition) is 15. The molecule has 0 radical (unpaired) electrons. The lowest BCUT2D eigenvalue weighted by Gasteiger charge is -2.63. The van der Waals surface area contributed by atoms with Crippen molar-refractivity contribution in [3.8, 4) is 45.6 Å². The summed E-state index contributed by atoms with van der Waals surface area (Å²) in [7, 11) is 5.21. The van der Waals surface area contributed by atoms with E-state index < -0.39 is 40.8 Å². The zero-order valence-electron chi connectivity index (χ0n) is 53.4. The summed E-state index contributed by atoms with van der Waals surface area (Å²) in [5.74, 6) is 1.54. The van der Waals surface area contributed by atoms with E-state index in [1.54, 1.807) is 24.1 Å². The van der Waals surface area contributed by atoms with Crippen LogP contribution < -0.4 is 45.0 Å². The van der Waals surface area contributed by atoms with Crippen LogP contribution in [0.15, 0.2) is 66.3 Å². The van der Waals surface area contributed by atoms with Crippen molar-refractivity contribution in [2.45, 2.75) is 164 Å². The Labute approximate surface area is 530 Å². The van der Waals surface area contributed by atoms with Gasteiger partial charge in [-0.1, -0.05) is 82.0 Å². The third-order valence-electron chi connectivity index (χ3n) is 23.3. The molecule has 3 saturated carbocycles. The molecule has 0 bridgehead atoms. The van der Waals surface area contributed by atoms with E-state index >= 15 is 0 Å². The quantitative estimate of drug-likeness (QED) is 0.0305. The van der Waals surface area contributed by atoms with Crippen LogP contribution in [0.3, 0.4) is 0 Å². The van der Waals surface area contributed by atoms with Crippen LogP contribution in [0.2, 0.25) is 0 Å². The van der Waals surface area contributed by atoms with Gasteiger partial charge in [-0.25, -0.2) is 0 Å². The Morgan fingerprint density at radius 3 is 2.38 bits per heavy atom. The summed E-state index contributed by atoms with van der Waals surface area (Å²) in [6.07, 6.45) is 23.0. The number of carbonyl (C=O) groups excluding carboxylic acids is 2.